The lowest BCUT2D eigenvalue weighted by atomic mass is 10.2. The molecule has 0 bridgehead atoms. The summed E-state index contributed by atoms with van der Waals surface area (Å²) in [5.74, 6) is 0.0669. The molecule has 0 aliphatic carbocycles. The molecular formula is C13H18BrN3O. The van der Waals surface area contributed by atoms with Crippen molar-refractivity contribution < 1.29 is 4.79 Å². The first-order valence-electron chi connectivity index (χ1n) is 6.10. The monoisotopic (exact) mass is 311 g/mol. The molecule has 1 fully saturated rings. The summed E-state index contributed by atoms with van der Waals surface area (Å²) in [5.41, 5.74) is 1.09. The molecule has 0 spiro atoms. The van der Waals surface area contributed by atoms with Gasteiger partial charge in [0.25, 0.3) is 0 Å². The Bertz CT molecular complexity index is 424. The summed E-state index contributed by atoms with van der Waals surface area (Å²) in [4.78, 5) is 14.2. The number of nitrogens with one attached hydrogen (secondary N) is 2. The minimum absolute atomic E-state index is 0.0669. The molecule has 1 amide bonds. The van der Waals surface area contributed by atoms with Gasteiger partial charge in [-0.05, 0) is 18.7 Å². The van der Waals surface area contributed by atoms with Crippen LogP contribution in [-0.4, -0.2) is 43.5 Å². The lowest BCUT2D eigenvalue weighted by Crippen LogP contribution is -2.55. The van der Waals surface area contributed by atoms with E-state index in [1.807, 2.05) is 31.3 Å². The molecule has 4 nitrogen and oxygen atoms in total. The first-order chi connectivity index (χ1) is 8.66. The van der Waals surface area contributed by atoms with Gasteiger partial charge in [0.1, 0.15) is 0 Å². The molecule has 0 radical (unpaired) electrons. The maximum absolute atomic E-state index is 12.0. The van der Waals surface area contributed by atoms with E-state index in [-0.39, 0.29) is 11.9 Å². The van der Waals surface area contributed by atoms with Crippen LogP contribution in [0.15, 0.2) is 28.7 Å². The van der Waals surface area contributed by atoms with Crippen molar-refractivity contribution in [2.24, 2.45) is 0 Å². The van der Waals surface area contributed by atoms with E-state index in [0.29, 0.717) is 6.54 Å². The Kier molecular flexibility index (Phi) is 4.74. The topological polar surface area (TPSA) is 44.4 Å². The number of piperazine rings is 1. The van der Waals surface area contributed by atoms with Gasteiger partial charge in [0.05, 0.1) is 6.04 Å². The fourth-order valence-electron chi connectivity index (χ4n) is 2.02. The van der Waals surface area contributed by atoms with Crippen LogP contribution in [0.25, 0.3) is 0 Å². The molecule has 1 unspecified atom stereocenters. The maximum atomic E-state index is 12.0. The Hall–Kier alpha value is -0.910. The molecule has 5 heteroatoms. The molecule has 1 aliphatic heterocycles. The number of likely N-dealkylation sites (N-methyl/N-ethyl adjacent to an activating group) is 1. The third-order valence-electron chi connectivity index (χ3n) is 3.11. The first kappa shape index (κ1) is 13.5. The molecule has 2 rings (SSSR count). The van der Waals surface area contributed by atoms with E-state index in [1.54, 1.807) is 0 Å². The predicted molar refractivity (Wildman–Crippen MR) is 75.3 cm³/mol. The molecule has 18 heavy (non-hydrogen) atoms. The lowest BCUT2D eigenvalue weighted by molar-refractivity contribution is -0.124. The first-order valence-corrected chi connectivity index (χ1v) is 6.89. The van der Waals surface area contributed by atoms with E-state index in [0.717, 1.165) is 29.7 Å². The van der Waals surface area contributed by atoms with Crippen molar-refractivity contribution in [3.8, 4) is 0 Å². The van der Waals surface area contributed by atoms with E-state index in [9.17, 15) is 4.79 Å². The van der Waals surface area contributed by atoms with Gasteiger partial charge in [-0.1, -0.05) is 34.1 Å². The fraction of sp³-hybridized carbons (Fsp3) is 0.462. The summed E-state index contributed by atoms with van der Waals surface area (Å²) in [6.45, 7) is 3.18. The maximum Gasteiger partial charge on any atom is 0.238 e. The standard InChI is InChI=1S/C13H18BrN3O/c1-17-7-6-15-12(9-17)13(18)16-8-10-4-2-3-5-11(10)14/h2-5,12,15H,6-9H2,1H3,(H,16,18). The summed E-state index contributed by atoms with van der Waals surface area (Å²) in [7, 11) is 2.04. The molecule has 1 saturated heterocycles. The van der Waals surface area contributed by atoms with E-state index in [2.05, 4.69) is 31.5 Å². The van der Waals surface area contributed by atoms with Crippen LogP contribution in [0.3, 0.4) is 0 Å². The van der Waals surface area contributed by atoms with E-state index < -0.39 is 0 Å². The summed E-state index contributed by atoms with van der Waals surface area (Å²) in [5, 5.41) is 6.21. The number of rotatable bonds is 3. The summed E-state index contributed by atoms with van der Waals surface area (Å²) in [6.07, 6.45) is 0. The number of halogens is 1. The summed E-state index contributed by atoms with van der Waals surface area (Å²) in [6, 6.07) is 7.82. The van der Waals surface area contributed by atoms with Crippen LogP contribution < -0.4 is 10.6 Å². The van der Waals surface area contributed by atoms with Crippen molar-refractivity contribution in [1.82, 2.24) is 15.5 Å². The highest BCUT2D eigenvalue weighted by Crippen LogP contribution is 2.15. The van der Waals surface area contributed by atoms with Crippen molar-refractivity contribution in [3.63, 3.8) is 0 Å². The van der Waals surface area contributed by atoms with Gasteiger partial charge in [0, 0.05) is 30.7 Å². The molecule has 1 atom stereocenters. The molecule has 0 saturated carbocycles. The molecule has 2 N–H and O–H groups in total. The molecular weight excluding hydrogens is 294 g/mol. The molecule has 1 heterocycles. The number of hydrogen-bond acceptors (Lipinski definition) is 3. The molecule has 1 aromatic carbocycles. The van der Waals surface area contributed by atoms with Crippen LogP contribution in [0, 0.1) is 0 Å². The SMILES string of the molecule is CN1CCNC(C(=O)NCc2ccccc2Br)C1. The van der Waals surface area contributed by atoms with Crippen molar-refractivity contribution in [2.45, 2.75) is 12.6 Å². The molecule has 0 aromatic heterocycles. The minimum Gasteiger partial charge on any atom is -0.351 e. The van der Waals surface area contributed by atoms with E-state index in [4.69, 9.17) is 0 Å². The van der Waals surface area contributed by atoms with E-state index >= 15 is 0 Å². The highest BCUT2D eigenvalue weighted by atomic mass is 79.9. The van der Waals surface area contributed by atoms with Crippen molar-refractivity contribution in [1.29, 1.82) is 0 Å². The number of hydrogen-bond donors (Lipinski definition) is 2. The zero-order valence-corrected chi connectivity index (χ0v) is 12.0. The van der Waals surface area contributed by atoms with Crippen LogP contribution >= 0.6 is 15.9 Å². The van der Waals surface area contributed by atoms with Gasteiger partial charge in [-0.25, -0.2) is 0 Å². The number of carbonyl (C=O) groups is 1. The van der Waals surface area contributed by atoms with Crippen LogP contribution in [-0.2, 0) is 11.3 Å². The van der Waals surface area contributed by atoms with Gasteiger partial charge >= 0.3 is 0 Å². The Morgan fingerprint density at radius 2 is 2.33 bits per heavy atom. The average molecular weight is 312 g/mol. The predicted octanol–water partition coefficient (Wildman–Crippen LogP) is 0.969. The zero-order valence-electron chi connectivity index (χ0n) is 10.4. The quantitative estimate of drug-likeness (QED) is 0.874. The van der Waals surface area contributed by atoms with Crippen molar-refractivity contribution in [3.05, 3.63) is 34.3 Å². The smallest absolute Gasteiger partial charge is 0.238 e. The third-order valence-corrected chi connectivity index (χ3v) is 3.88. The molecule has 98 valence electrons. The normalized spacial score (nSPS) is 20.7. The van der Waals surface area contributed by atoms with Crippen molar-refractivity contribution >= 4 is 21.8 Å². The zero-order chi connectivity index (χ0) is 13.0. The van der Waals surface area contributed by atoms with Gasteiger partial charge in [0.15, 0.2) is 0 Å². The second-order valence-electron chi connectivity index (χ2n) is 4.58. The van der Waals surface area contributed by atoms with Crippen molar-refractivity contribution in [2.75, 3.05) is 26.7 Å². The van der Waals surface area contributed by atoms with Crippen LogP contribution in [0.5, 0.6) is 0 Å². The Morgan fingerprint density at radius 1 is 1.56 bits per heavy atom. The lowest BCUT2D eigenvalue weighted by Gasteiger charge is -2.29. The van der Waals surface area contributed by atoms with Gasteiger partial charge in [0.2, 0.25) is 5.91 Å². The second kappa shape index (κ2) is 6.31. The number of benzene rings is 1. The molecule has 1 aliphatic rings. The number of nitrogens with zero attached hydrogens (tertiary/aromatic N) is 1. The Morgan fingerprint density at radius 3 is 3.06 bits per heavy atom. The highest BCUT2D eigenvalue weighted by Gasteiger charge is 2.22. The summed E-state index contributed by atoms with van der Waals surface area (Å²) >= 11 is 3.48. The highest BCUT2D eigenvalue weighted by molar-refractivity contribution is 9.10. The minimum atomic E-state index is -0.105. The fourth-order valence-corrected chi connectivity index (χ4v) is 2.45. The average Bonchev–Trinajstić information content (AvgIpc) is 2.37. The number of carbonyl (C=O) groups excluding carboxylic acids is 1. The van der Waals surface area contributed by atoms with Gasteiger partial charge in [-0.2, -0.15) is 0 Å². The second-order valence-corrected chi connectivity index (χ2v) is 5.43. The van der Waals surface area contributed by atoms with E-state index in [1.165, 1.54) is 0 Å². The van der Waals surface area contributed by atoms with Crippen LogP contribution in [0.4, 0.5) is 0 Å². The van der Waals surface area contributed by atoms with Gasteiger partial charge < -0.3 is 15.5 Å². The van der Waals surface area contributed by atoms with Gasteiger partial charge in [-0.3, -0.25) is 4.79 Å². The Labute approximate surface area is 116 Å². The van der Waals surface area contributed by atoms with Crippen LogP contribution in [0.2, 0.25) is 0 Å². The largest absolute Gasteiger partial charge is 0.351 e. The Balaban J connectivity index is 1.86. The van der Waals surface area contributed by atoms with Gasteiger partial charge in [-0.15, -0.1) is 0 Å². The van der Waals surface area contributed by atoms with Crippen LogP contribution in [0.1, 0.15) is 5.56 Å². The molecule has 1 aromatic rings. The third kappa shape index (κ3) is 3.54. The number of amides is 1. The summed E-state index contributed by atoms with van der Waals surface area (Å²) < 4.78 is 1.03.